The lowest BCUT2D eigenvalue weighted by Crippen LogP contribution is -2.29. The average molecular weight is 340 g/mol. The van der Waals surface area contributed by atoms with E-state index in [2.05, 4.69) is 15.3 Å². The van der Waals surface area contributed by atoms with Crippen LogP contribution in [0.4, 0.5) is 5.82 Å². The number of pyridine rings is 2. The minimum atomic E-state index is -0.00313. The molecule has 1 aliphatic rings. The molecule has 3 rings (SSSR count). The van der Waals surface area contributed by atoms with Crippen LogP contribution in [0, 0.1) is 0 Å². The summed E-state index contributed by atoms with van der Waals surface area (Å²) in [7, 11) is 1.82. The summed E-state index contributed by atoms with van der Waals surface area (Å²) in [5.74, 6) is 0.709. The molecule has 1 fully saturated rings. The summed E-state index contributed by atoms with van der Waals surface area (Å²) < 4.78 is 5.59. The van der Waals surface area contributed by atoms with Gasteiger partial charge in [0.1, 0.15) is 5.82 Å². The molecule has 0 aromatic carbocycles. The molecular formula is C19H24N4O2. The second-order valence-corrected chi connectivity index (χ2v) is 6.28. The molecule has 0 aliphatic carbocycles. The third-order valence-corrected chi connectivity index (χ3v) is 4.37. The van der Waals surface area contributed by atoms with Crippen LogP contribution in [0.1, 0.15) is 28.8 Å². The summed E-state index contributed by atoms with van der Waals surface area (Å²) in [4.78, 5) is 22.6. The molecule has 2 aromatic heterocycles. The molecule has 1 aliphatic heterocycles. The first-order chi connectivity index (χ1) is 12.2. The van der Waals surface area contributed by atoms with Gasteiger partial charge in [-0.05, 0) is 49.1 Å². The van der Waals surface area contributed by atoms with Crippen LogP contribution in [0.2, 0.25) is 0 Å². The average Bonchev–Trinajstić information content (AvgIpc) is 3.18. The van der Waals surface area contributed by atoms with E-state index in [9.17, 15) is 4.79 Å². The van der Waals surface area contributed by atoms with Gasteiger partial charge < -0.3 is 15.0 Å². The fraction of sp³-hybridized carbons (Fsp3) is 0.421. The van der Waals surface area contributed by atoms with Gasteiger partial charge in [-0.25, -0.2) is 4.98 Å². The van der Waals surface area contributed by atoms with Crippen molar-refractivity contribution in [3.63, 3.8) is 0 Å². The molecular weight excluding hydrogens is 316 g/mol. The van der Waals surface area contributed by atoms with Crippen molar-refractivity contribution in [2.24, 2.45) is 0 Å². The van der Waals surface area contributed by atoms with E-state index in [4.69, 9.17) is 4.74 Å². The molecule has 3 heterocycles. The Morgan fingerprint density at radius 3 is 2.92 bits per heavy atom. The molecule has 1 unspecified atom stereocenters. The fourth-order valence-electron chi connectivity index (χ4n) is 2.85. The van der Waals surface area contributed by atoms with Gasteiger partial charge in [0.2, 0.25) is 0 Å². The van der Waals surface area contributed by atoms with E-state index in [0.717, 1.165) is 32.4 Å². The van der Waals surface area contributed by atoms with Crippen molar-refractivity contribution < 1.29 is 9.53 Å². The molecule has 1 atom stereocenters. The fourth-order valence-corrected chi connectivity index (χ4v) is 2.85. The Morgan fingerprint density at radius 2 is 2.16 bits per heavy atom. The van der Waals surface area contributed by atoms with E-state index in [-0.39, 0.29) is 12.0 Å². The lowest BCUT2D eigenvalue weighted by atomic mass is 10.2. The highest BCUT2D eigenvalue weighted by Crippen LogP contribution is 2.14. The smallest absolute Gasteiger partial charge is 0.253 e. The molecule has 0 bridgehead atoms. The Balaban J connectivity index is 1.54. The maximum atomic E-state index is 12.6. The minimum absolute atomic E-state index is 0.00313. The molecule has 1 N–H and O–H groups in total. The van der Waals surface area contributed by atoms with Crippen molar-refractivity contribution in [2.45, 2.75) is 25.4 Å². The monoisotopic (exact) mass is 340 g/mol. The number of hydrogen-bond acceptors (Lipinski definition) is 5. The predicted molar refractivity (Wildman–Crippen MR) is 96.6 cm³/mol. The third kappa shape index (κ3) is 5.00. The molecule has 132 valence electrons. The Morgan fingerprint density at radius 1 is 1.32 bits per heavy atom. The SMILES string of the molecule is CN(CCc1ccncc1)C(=O)c1ccnc(NCC2CCCO2)c1. The molecule has 0 spiro atoms. The van der Waals surface area contributed by atoms with Crippen LogP contribution in [-0.2, 0) is 11.2 Å². The maximum Gasteiger partial charge on any atom is 0.253 e. The number of nitrogens with one attached hydrogen (secondary N) is 1. The lowest BCUT2D eigenvalue weighted by molar-refractivity contribution is 0.0796. The van der Waals surface area contributed by atoms with E-state index < -0.39 is 0 Å². The zero-order valence-corrected chi connectivity index (χ0v) is 14.5. The van der Waals surface area contributed by atoms with Crippen molar-refractivity contribution >= 4 is 11.7 Å². The highest BCUT2D eigenvalue weighted by molar-refractivity contribution is 5.94. The first-order valence-electron chi connectivity index (χ1n) is 8.68. The van der Waals surface area contributed by atoms with E-state index >= 15 is 0 Å². The Bertz CT molecular complexity index is 687. The molecule has 2 aromatic rings. The van der Waals surface area contributed by atoms with Crippen LogP contribution >= 0.6 is 0 Å². The van der Waals surface area contributed by atoms with Crippen molar-refractivity contribution in [3.05, 3.63) is 54.0 Å². The van der Waals surface area contributed by atoms with Crippen molar-refractivity contribution in [3.8, 4) is 0 Å². The summed E-state index contributed by atoms with van der Waals surface area (Å²) in [6, 6.07) is 7.50. The van der Waals surface area contributed by atoms with Gasteiger partial charge in [-0.1, -0.05) is 0 Å². The summed E-state index contributed by atoms with van der Waals surface area (Å²) in [5, 5.41) is 3.26. The molecule has 6 heteroatoms. The Labute approximate surface area is 148 Å². The van der Waals surface area contributed by atoms with Crippen molar-refractivity contribution in [1.82, 2.24) is 14.9 Å². The van der Waals surface area contributed by atoms with Gasteiger partial charge in [-0.3, -0.25) is 9.78 Å². The number of carbonyl (C=O) groups excluding carboxylic acids is 1. The zero-order valence-electron chi connectivity index (χ0n) is 14.5. The molecule has 0 saturated carbocycles. The van der Waals surface area contributed by atoms with Crippen LogP contribution in [0.25, 0.3) is 0 Å². The van der Waals surface area contributed by atoms with Gasteiger partial charge in [0.05, 0.1) is 6.10 Å². The molecule has 0 radical (unpaired) electrons. The van der Waals surface area contributed by atoms with Gasteiger partial charge in [-0.15, -0.1) is 0 Å². The van der Waals surface area contributed by atoms with Crippen LogP contribution in [0.5, 0.6) is 0 Å². The third-order valence-electron chi connectivity index (χ3n) is 4.37. The molecule has 1 amide bonds. The minimum Gasteiger partial charge on any atom is -0.376 e. The van der Waals surface area contributed by atoms with E-state index in [1.807, 2.05) is 19.2 Å². The van der Waals surface area contributed by atoms with Gasteiger partial charge >= 0.3 is 0 Å². The number of aromatic nitrogens is 2. The van der Waals surface area contributed by atoms with Crippen LogP contribution in [-0.4, -0.2) is 53.6 Å². The molecule has 6 nitrogen and oxygen atoms in total. The first-order valence-corrected chi connectivity index (χ1v) is 8.68. The largest absolute Gasteiger partial charge is 0.376 e. The number of ether oxygens (including phenoxy) is 1. The highest BCUT2D eigenvalue weighted by Gasteiger charge is 2.16. The van der Waals surface area contributed by atoms with Gasteiger partial charge in [0.15, 0.2) is 0 Å². The number of likely N-dealkylation sites (N-methyl/N-ethyl adjacent to an activating group) is 1. The van der Waals surface area contributed by atoms with Crippen LogP contribution < -0.4 is 5.32 Å². The van der Waals surface area contributed by atoms with Crippen LogP contribution in [0.15, 0.2) is 42.9 Å². The predicted octanol–water partition coefficient (Wildman–Crippen LogP) is 2.38. The summed E-state index contributed by atoms with van der Waals surface area (Å²) in [6.07, 6.45) is 8.44. The maximum absolute atomic E-state index is 12.6. The van der Waals surface area contributed by atoms with E-state index in [1.54, 1.807) is 35.6 Å². The lowest BCUT2D eigenvalue weighted by Gasteiger charge is -2.18. The molecule has 1 saturated heterocycles. The van der Waals surface area contributed by atoms with Gasteiger partial charge in [0.25, 0.3) is 5.91 Å². The van der Waals surface area contributed by atoms with Crippen molar-refractivity contribution in [2.75, 3.05) is 32.1 Å². The van der Waals surface area contributed by atoms with Gasteiger partial charge in [0, 0.05) is 50.9 Å². The second-order valence-electron chi connectivity index (χ2n) is 6.28. The number of nitrogens with zero attached hydrogens (tertiary/aromatic N) is 3. The normalized spacial score (nSPS) is 16.6. The van der Waals surface area contributed by atoms with Crippen LogP contribution in [0.3, 0.4) is 0 Å². The van der Waals surface area contributed by atoms with Gasteiger partial charge in [-0.2, -0.15) is 0 Å². The number of rotatable bonds is 7. The van der Waals surface area contributed by atoms with E-state index in [0.29, 0.717) is 17.9 Å². The number of hydrogen-bond donors (Lipinski definition) is 1. The van der Waals surface area contributed by atoms with E-state index in [1.165, 1.54) is 5.56 Å². The summed E-state index contributed by atoms with van der Waals surface area (Å²) >= 11 is 0. The second kappa shape index (κ2) is 8.58. The first kappa shape index (κ1) is 17.4. The Kier molecular flexibility index (Phi) is 5.95. The van der Waals surface area contributed by atoms with Crippen molar-refractivity contribution in [1.29, 1.82) is 0 Å². The quantitative estimate of drug-likeness (QED) is 0.838. The summed E-state index contributed by atoms with van der Waals surface area (Å²) in [5.41, 5.74) is 1.81. The topological polar surface area (TPSA) is 67.4 Å². The number of carbonyl (C=O) groups is 1. The standard InChI is InChI=1S/C19H24N4O2/c1-23(11-7-15-4-8-20-9-5-15)19(24)16-6-10-21-18(13-16)22-14-17-3-2-12-25-17/h4-6,8-10,13,17H,2-3,7,11-12,14H2,1H3,(H,21,22). The zero-order chi connectivity index (χ0) is 17.5. The number of anilines is 1. The molecule has 25 heavy (non-hydrogen) atoms. The highest BCUT2D eigenvalue weighted by atomic mass is 16.5. The Hall–Kier alpha value is -2.47. The number of amides is 1. The summed E-state index contributed by atoms with van der Waals surface area (Å²) in [6.45, 7) is 2.22.